The largest absolute Gasteiger partial charge is 0.416 e. The predicted octanol–water partition coefficient (Wildman–Crippen LogP) is 4.02. The van der Waals surface area contributed by atoms with Gasteiger partial charge >= 0.3 is 6.18 Å². The van der Waals surface area contributed by atoms with Crippen molar-refractivity contribution >= 4 is 5.52 Å². The first kappa shape index (κ1) is 11.8. The molecule has 3 aromatic rings. The van der Waals surface area contributed by atoms with E-state index in [4.69, 9.17) is 0 Å². The highest BCUT2D eigenvalue weighted by molar-refractivity contribution is 5.77. The van der Waals surface area contributed by atoms with E-state index in [0.717, 1.165) is 17.6 Å². The van der Waals surface area contributed by atoms with E-state index in [0.29, 0.717) is 11.3 Å². The number of nitrogens with zero attached hydrogens (tertiary/aromatic N) is 2. The molecule has 2 aromatic heterocycles. The number of hydrogen-bond acceptors (Lipinski definition) is 1. The molecule has 0 aliphatic rings. The summed E-state index contributed by atoms with van der Waals surface area (Å²) in [5, 5.41) is 0. The van der Waals surface area contributed by atoms with Crippen molar-refractivity contribution in [3.63, 3.8) is 0 Å². The highest BCUT2D eigenvalue weighted by Gasteiger charge is 2.30. The third kappa shape index (κ3) is 2.07. The van der Waals surface area contributed by atoms with Gasteiger partial charge in [0.15, 0.2) is 0 Å². The molecule has 0 unspecified atom stereocenters. The highest BCUT2D eigenvalue weighted by atomic mass is 19.4. The molecular weight excluding hydrogens is 253 g/mol. The zero-order valence-electron chi connectivity index (χ0n) is 9.72. The van der Waals surface area contributed by atoms with Crippen molar-refractivity contribution in [2.45, 2.75) is 6.18 Å². The fourth-order valence-corrected chi connectivity index (χ4v) is 1.98. The Kier molecular flexibility index (Phi) is 2.55. The van der Waals surface area contributed by atoms with E-state index in [-0.39, 0.29) is 0 Å². The minimum Gasteiger partial charge on any atom is -0.306 e. The van der Waals surface area contributed by atoms with E-state index in [1.54, 1.807) is 6.33 Å². The summed E-state index contributed by atoms with van der Waals surface area (Å²) in [6.07, 6.45) is -0.826. The van der Waals surface area contributed by atoms with Crippen LogP contribution in [-0.2, 0) is 6.18 Å². The lowest BCUT2D eigenvalue weighted by molar-refractivity contribution is -0.137. The fourth-order valence-electron chi connectivity index (χ4n) is 1.98. The third-order valence-corrected chi connectivity index (χ3v) is 2.93. The van der Waals surface area contributed by atoms with Crippen molar-refractivity contribution in [1.29, 1.82) is 0 Å². The Morgan fingerprint density at radius 2 is 1.68 bits per heavy atom. The molecule has 0 amide bonds. The Balaban J connectivity index is 2.07. The van der Waals surface area contributed by atoms with E-state index in [1.807, 2.05) is 28.8 Å². The van der Waals surface area contributed by atoms with E-state index in [2.05, 4.69) is 4.98 Å². The maximum atomic E-state index is 12.5. The summed E-state index contributed by atoms with van der Waals surface area (Å²) in [7, 11) is 0. The van der Waals surface area contributed by atoms with Gasteiger partial charge in [-0.3, -0.25) is 0 Å². The smallest absolute Gasteiger partial charge is 0.306 e. The molecule has 0 aliphatic heterocycles. The molecule has 0 aliphatic carbocycles. The lowest BCUT2D eigenvalue weighted by Crippen LogP contribution is -2.04. The van der Waals surface area contributed by atoms with Gasteiger partial charge in [-0.2, -0.15) is 13.2 Å². The monoisotopic (exact) mass is 262 g/mol. The molecule has 5 heteroatoms. The normalized spacial score (nSPS) is 11.9. The maximum absolute atomic E-state index is 12.5. The summed E-state index contributed by atoms with van der Waals surface area (Å²) in [5.41, 5.74) is 1.55. The van der Waals surface area contributed by atoms with Gasteiger partial charge in [0.05, 0.1) is 23.1 Å². The number of aromatic nitrogens is 2. The van der Waals surface area contributed by atoms with Crippen LogP contribution < -0.4 is 0 Å². The molecular formula is C14H9F3N2. The molecule has 19 heavy (non-hydrogen) atoms. The van der Waals surface area contributed by atoms with Gasteiger partial charge in [0.25, 0.3) is 0 Å². The first-order valence-corrected chi connectivity index (χ1v) is 5.65. The molecule has 3 rings (SSSR count). The fraction of sp³-hybridized carbons (Fsp3) is 0.0714. The summed E-state index contributed by atoms with van der Waals surface area (Å²) >= 11 is 0. The number of halogens is 3. The molecule has 0 radical (unpaired) electrons. The van der Waals surface area contributed by atoms with Crippen LogP contribution in [0.15, 0.2) is 55.0 Å². The molecule has 0 bridgehead atoms. The van der Waals surface area contributed by atoms with Crippen LogP contribution in [0.25, 0.3) is 16.8 Å². The molecule has 0 atom stereocenters. The number of fused-ring (bicyclic) bond motifs is 1. The molecule has 96 valence electrons. The Morgan fingerprint density at radius 3 is 2.37 bits per heavy atom. The highest BCUT2D eigenvalue weighted by Crippen LogP contribution is 2.31. The second-order valence-corrected chi connectivity index (χ2v) is 4.16. The Bertz CT molecular complexity index is 711. The van der Waals surface area contributed by atoms with Crippen LogP contribution in [-0.4, -0.2) is 9.38 Å². The SMILES string of the molecule is FC(F)(F)c1ccc(-c2ncn3ccccc23)cc1. The number of benzene rings is 1. The molecule has 0 spiro atoms. The number of pyridine rings is 1. The number of hydrogen-bond donors (Lipinski definition) is 0. The summed E-state index contributed by atoms with van der Waals surface area (Å²) in [6, 6.07) is 10.6. The van der Waals surface area contributed by atoms with Crippen LogP contribution >= 0.6 is 0 Å². The molecule has 0 saturated heterocycles. The zero-order valence-corrected chi connectivity index (χ0v) is 9.72. The van der Waals surface area contributed by atoms with Gasteiger partial charge < -0.3 is 4.40 Å². The van der Waals surface area contributed by atoms with Crippen LogP contribution in [0.5, 0.6) is 0 Å². The van der Waals surface area contributed by atoms with Crippen molar-refractivity contribution in [1.82, 2.24) is 9.38 Å². The van der Waals surface area contributed by atoms with Gasteiger partial charge in [-0.25, -0.2) is 4.98 Å². The summed E-state index contributed by atoms with van der Waals surface area (Å²) < 4.78 is 39.3. The molecule has 2 nitrogen and oxygen atoms in total. The minimum absolute atomic E-state index is 0.653. The lowest BCUT2D eigenvalue weighted by Gasteiger charge is -2.06. The van der Waals surface area contributed by atoms with E-state index >= 15 is 0 Å². The molecule has 0 N–H and O–H groups in total. The van der Waals surface area contributed by atoms with E-state index < -0.39 is 11.7 Å². The van der Waals surface area contributed by atoms with Crippen LogP contribution in [0.2, 0.25) is 0 Å². The van der Waals surface area contributed by atoms with Gasteiger partial charge in [-0.05, 0) is 24.3 Å². The van der Waals surface area contributed by atoms with Crippen molar-refractivity contribution < 1.29 is 13.2 Å². The van der Waals surface area contributed by atoms with Crippen LogP contribution in [0, 0.1) is 0 Å². The van der Waals surface area contributed by atoms with E-state index in [9.17, 15) is 13.2 Å². The van der Waals surface area contributed by atoms with Crippen LogP contribution in [0.4, 0.5) is 13.2 Å². The average molecular weight is 262 g/mol. The lowest BCUT2D eigenvalue weighted by atomic mass is 10.1. The Morgan fingerprint density at radius 1 is 0.947 bits per heavy atom. The number of imidazole rings is 1. The Labute approximate surface area is 107 Å². The van der Waals surface area contributed by atoms with Gasteiger partial charge in [0.1, 0.15) is 0 Å². The maximum Gasteiger partial charge on any atom is 0.416 e. The molecule has 0 fully saturated rings. The second kappa shape index (κ2) is 4.12. The number of alkyl halides is 3. The predicted molar refractivity (Wildman–Crippen MR) is 65.6 cm³/mol. The van der Waals surface area contributed by atoms with Crippen molar-refractivity contribution in [3.05, 3.63) is 60.6 Å². The summed E-state index contributed by atoms with van der Waals surface area (Å²) in [6.45, 7) is 0. The van der Waals surface area contributed by atoms with Crippen LogP contribution in [0.3, 0.4) is 0 Å². The molecule has 0 saturated carbocycles. The first-order chi connectivity index (χ1) is 9.05. The van der Waals surface area contributed by atoms with Gasteiger partial charge in [-0.1, -0.05) is 18.2 Å². The van der Waals surface area contributed by atoms with Gasteiger partial charge in [-0.15, -0.1) is 0 Å². The quantitative estimate of drug-likeness (QED) is 0.647. The molecule has 2 heterocycles. The van der Waals surface area contributed by atoms with Gasteiger partial charge in [0, 0.05) is 11.8 Å². The van der Waals surface area contributed by atoms with Gasteiger partial charge in [0.2, 0.25) is 0 Å². The summed E-state index contributed by atoms with van der Waals surface area (Å²) in [5.74, 6) is 0. The standard InChI is InChI=1S/C14H9F3N2/c15-14(16,17)11-6-4-10(5-7-11)13-12-3-1-2-8-19(12)9-18-13/h1-9H. The minimum atomic E-state index is -4.31. The van der Waals surface area contributed by atoms with Crippen molar-refractivity contribution in [2.75, 3.05) is 0 Å². The number of rotatable bonds is 1. The molecule has 1 aromatic carbocycles. The third-order valence-electron chi connectivity index (χ3n) is 2.93. The van der Waals surface area contributed by atoms with Crippen LogP contribution in [0.1, 0.15) is 5.56 Å². The average Bonchev–Trinajstić information content (AvgIpc) is 2.82. The van der Waals surface area contributed by atoms with Crippen molar-refractivity contribution in [3.8, 4) is 11.3 Å². The van der Waals surface area contributed by atoms with Crippen molar-refractivity contribution in [2.24, 2.45) is 0 Å². The second-order valence-electron chi connectivity index (χ2n) is 4.16. The Hall–Kier alpha value is -2.30. The summed E-state index contributed by atoms with van der Waals surface area (Å²) in [4.78, 5) is 4.24. The topological polar surface area (TPSA) is 17.3 Å². The van der Waals surface area contributed by atoms with E-state index in [1.165, 1.54) is 12.1 Å². The first-order valence-electron chi connectivity index (χ1n) is 5.65. The zero-order chi connectivity index (χ0) is 13.5.